The molecule has 0 radical (unpaired) electrons. The standard InChI is InChI=1S/C28H32F2N4O5/c1-5-38-25(36)18-14-34(21-11-19(21)29)22-16(24(18)35)10-20(30)23(17(22)12-31)33-9-6-15(13-33)28(7-8-28)32-26(37)39-27(2,3)4/h10,14-15,19,21H,5-9,11,13H2,1-4H3,(H,32,37). The van der Waals surface area contributed by atoms with Crippen molar-refractivity contribution >= 4 is 28.7 Å². The Hall–Kier alpha value is -3.68. The Labute approximate surface area is 224 Å². The molecule has 39 heavy (non-hydrogen) atoms. The van der Waals surface area contributed by atoms with Gasteiger partial charge in [-0.05, 0) is 53.0 Å². The summed E-state index contributed by atoms with van der Waals surface area (Å²) in [7, 11) is 0. The molecule has 1 aromatic heterocycles. The Kier molecular flexibility index (Phi) is 6.56. The summed E-state index contributed by atoms with van der Waals surface area (Å²) in [6.45, 7) is 7.80. The highest BCUT2D eigenvalue weighted by Crippen LogP contribution is 2.48. The number of hydrogen-bond donors (Lipinski definition) is 1. The summed E-state index contributed by atoms with van der Waals surface area (Å²) in [4.78, 5) is 39.9. The fourth-order valence-corrected chi connectivity index (χ4v) is 5.64. The Morgan fingerprint density at radius 2 is 2.00 bits per heavy atom. The number of halogens is 2. The summed E-state index contributed by atoms with van der Waals surface area (Å²) in [5.74, 6) is -1.66. The number of nitrogens with zero attached hydrogens (tertiary/aromatic N) is 3. The smallest absolute Gasteiger partial charge is 0.408 e. The summed E-state index contributed by atoms with van der Waals surface area (Å²) in [5, 5.41) is 13.0. The number of alkyl halides is 1. The van der Waals surface area contributed by atoms with E-state index in [1.54, 1.807) is 32.6 Å². The van der Waals surface area contributed by atoms with Crippen LogP contribution in [0.25, 0.3) is 10.9 Å². The minimum absolute atomic E-state index is 0.00121. The number of nitriles is 1. The van der Waals surface area contributed by atoms with Crippen molar-refractivity contribution in [3.05, 3.63) is 39.4 Å². The summed E-state index contributed by atoms with van der Waals surface area (Å²) in [5.41, 5.74) is -2.13. The molecule has 5 rings (SSSR count). The fraction of sp³-hybridized carbons (Fsp3) is 0.571. The number of alkyl carbamates (subject to hydrolysis) is 1. The Balaban J connectivity index is 1.52. The van der Waals surface area contributed by atoms with Crippen molar-refractivity contribution in [2.75, 3.05) is 24.6 Å². The summed E-state index contributed by atoms with van der Waals surface area (Å²) < 4.78 is 41.8. The molecule has 1 saturated heterocycles. The molecule has 3 aliphatic rings. The number of rotatable bonds is 6. The van der Waals surface area contributed by atoms with E-state index >= 15 is 4.39 Å². The van der Waals surface area contributed by atoms with Gasteiger partial charge in [-0.15, -0.1) is 0 Å². The highest BCUT2D eigenvalue weighted by atomic mass is 19.1. The van der Waals surface area contributed by atoms with Crippen molar-refractivity contribution in [2.45, 2.75) is 76.7 Å². The van der Waals surface area contributed by atoms with E-state index in [0.29, 0.717) is 19.5 Å². The molecule has 1 aromatic carbocycles. The van der Waals surface area contributed by atoms with Crippen LogP contribution in [0.1, 0.15) is 75.3 Å². The quantitative estimate of drug-likeness (QED) is 0.540. The predicted molar refractivity (Wildman–Crippen MR) is 139 cm³/mol. The van der Waals surface area contributed by atoms with Crippen LogP contribution in [0.4, 0.5) is 19.3 Å². The average molecular weight is 543 g/mol. The molecule has 3 unspecified atom stereocenters. The first-order valence-electron chi connectivity index (χ1n) is 13.3. The van der Waals surface area contributed by atoms with Crippen molar-refractivity contribution in [2.24, 2.45) is 5.92 Å². The second kappa shape index (κ2) is 9.50. The first-order chi connectivity index (χ1) is 18.4. The van der Waals surface area contributed by atoms with Gasteiger partial charge in [-0.3, -0.25) is 4.79 Å². The van der Waals surface area contributed by atoms with Crippen LogP contribution in [-0.2, 0) is 9.47 Å². The Morgan fingerprint density at radius 1 is 1.31 bits per heavy atom. The van der Waals surface area contributed by atoms with Gasteiger partial charge in [0.25, 0.3) is 0 Å². The molecule has 9 nitrogen and oxygen atoms in total. The molecule has 3 fully saturated rings. The van der Waals surface area contributed by atoms with Crippen LogP contribution in [-0.4, -0.2) is 53.6 Å². The zero-order valence-corrected chi connectivity index (χ0v) is 22.5. The Bertz CT molecular complexity index is 1450. The van der Waals surface area contributed by atoms with E-state index in [0.717, 1.165) is 18.9 Å². The van der Waals surface area contributed by atoms with Crippen LogP contribution in [0, 0.1) is 23.1 Å². The minimum atomic E-state index is -1.21. The zero-order chi connectivity index (χ0) is 28.3. The number of esters is 1. The molecule has 1 amide bonds. The van der Waals surface area contributed by atoms with Crippen LogP contribution in [0.3, 0.4) is 0 Å². The van der Waals surface area contributed by atoms with Crippen molar-refractivity contribution in [1.29, 1.82) is 5.26 Å². The van der Waals surface area contributed by atoms with Gasteiger partial charge in [0.15, 0.2) is 0 Å². The largest absolute Gasteiger partial charge is 0.462 e. The van der Waals surface area contributed by atoms with Gasteiger partial charge in [0.2, 0.25) is 5.43 Å². The number of carbonyl (C=O) groups excluding carboxylic acids is 2. The van der Waals surface area contributed by atoms with Crippen molar-refractivity contribution in [3.63, 3.8) is 0 Å². The van der Waals surface area contributed by atoms with Crippen LogP contribution in [0.5, 0.6) is 0 Å². The topological polar surface area (TPSA) is 114 Å². The number of carbonyl (C=O) groups is 2. The normalized spacial score (nSPS) is 23.3. The molecule has 11 heteroatoms. The second-order valence-electron chi connectivity index (χ2n) is 11.6. The fourth-order valence-electron chi connectivity index (χ4n) is 5.64. The molecule has 0 bridgehead atoms. The number of aromatic nitrogens is 1. The SMILES string of the molecule is CCOC(=O)c1cn(C2CC2F)c2c(C#N)c(N3CCC(C4(NC(=O)OC(C)(C)C)CC4)C3)c(F)cc2c1=O. The number of hydrogen-bond acceptors (Lipinski definition) is 7. The maximum atomic E-state index is 15.7. The molecule has 2 saturated carbocycles. The van der Waals surface area contributed by atoms with E-state index in [1.807, 2.05) is 0 Å². The minimum Gasteiger partial charge on any atom is -0.462 e. The molecule has 3 atom stereocenters. The zero-order valence-electron chi connectivity index (χ0n) is 22.5. The highest BCUT2D eigenvalue weighted by molar-refractivity contribution is 5.97. The summed E-state index contributed by atoms with van der Waals surface area (Å²) in [6, 6.07) is 2.41. The highest BCUT2D eigenvalue weighted by Gasteiger charge is 2.53. The van der Waals surface area contributed by atoms with Crippen LogP contribution < -0.4 is 15.6 Å². The lowest BCUT2D eigenvalue weighted by molar-refractivity contribution is 0.0475. The van der Waals surface area contributed by atoms with E-state index in [9.17, 15) is 24.0 Å². The van der Waals surface area contributed by atoms with Crippen LogP contribution in [0.15, 0.2) is 17.1 Å². The van der Waals surface area contributed by atoms with Crippen molar-refractivity contribution in [3.8, 4) is 6.07 Å². The summed E-state index contributed by atoms with van der Waals surface area (Å²) >= 11 is 0. The lowest BCUT2D eigenvalue weighted by Gasteiger charge is -2.28. The third kappa shape index (κ3) is 4.92. The van der Waals surface area contributed by atoms with Crippen molar-refractivity contribution in [1.82, 2.24) is 9.88 Å². The molecule has 208 valence electrons. The molecule has 2 heterocycles. The van der Waals surface area contributed by atoms with Gasteiger partial charge in [0.05, 0.1) is 29.2 Å². The molecular weight excluding hydrogens is 510 g/mol. The number of nitrogens with one attached hydrogen (secondary N) is 1. The van der Waals surface area contributed by atoms with Crippen molar-refractivity contribution < 1.29 is 27.8 Å². The summed E-state index contributed by atoms with van der Waals surface area (Å²) in [6.07, 6.45) is 1.86. The monoisotopic (exact) mass is 542 g/mol. The molecular formula is C28H32F2N4O5. The second-order valence-corrected chi connectivity index (χ2v) is 11.6. The van der Waals surface area contributed by atoms with E-state index < -0.39 is 46.7 Å². The van der Waals surface area contributed by atoms with Gasteiger partial charge in [0, 0.05) is 37.2 Å². The number of amides is 1. The van der Waals surface area contributed by atoms with Gasteiger partial charge < -0.3 is 24.3 Å². The van der Waals surface area contributed by atoms with E-state index in [-0.39, 0.29) is 46.7 Å². The number of ether oxygens (including phenoxy) is 2. The van der Waals surface area contributed by atoms with Crippen LogP contribution in [0.2, 0.25) is 0 Å². The predicted octanol–water partition coefficient (Wildman–Crippen LogP) is 4.36. The number of fused-ring (bicyclic) bond motifs is 1. The Morgan fingerprint density at radius 3 is 2.56 bits per heavy atom. The van der Waals surface area contributed by atoms with E-state index in [4.69, 9.17) is 9.47 Å². The van der Waals surface area contributed by atoms with Gasteiger partial charge in [-0.2, -0.15) is 5.26 Å². The van der Waals surface area contributed by atoms with Gasteiger partial charge >= 0.3 is 12.1 Å². The van der Waals surface area contributed by atoms with E-state index in [1.165, 1.54) is 10.8 Å². The lowest BCUT2D eigenvalue weighted by atomic mass is 9.96. The molecule has 0 spiro atoms. The van der Waals surface area contributed by atoms with Gasteiger partial charge in [-0.1, -0.05) is 0 Å². The molecule has 1 N–H and O–H groups in total. The molecule has 2 aliphatic carbocycles. The van der Waals surface area contributed by atoms with Crippen LogP contribution >= 0.6 is 0 Å². The third-order valence-electron chi connectivity index (χ3n) is 7.71. The molecule has 1 aliphatic heterocycles. The molecule has 2 aromatic rings. The number of pyridine rings is 1. The number of anilines is 1. The maximum Gasteiger partial charge on any atom is 0.408 e. The van der Waals surface area contributed by atoms with Gasteiger partial charge in [0.1, 0.15) is 34.8 Å². The van der Waals surface area contributed by atoms with Gasteiger partial charge in [-0.25, -0.2) is 18.4 Å². The maximum absolute atomic E-state index is 15.7. The average Bonchev–Trinajstić information content (AvgIpc) is 3.73. The van der Waals surface area contributed by atoms with E-state index in [2.05, 4.69) is 11.4 Å². The third-order valence-corrected chi connectivity index (χ3v) is 7.71. The first-order valence-corrected chi connectivity index (χ1v) is 13.3. The lowest BCUT2D eigenvalue weighted by Crippen LogP contribution is -2.45. The first kappa shape index (κ1) is 26.9. The number of benzene rings is 1.